The van der Waals surface area contributed by atoms with Gasteiger partial charge in [0.05, 0.1) is 38.5 Å². The number of hydrogen-bond acceptors (Lipinski definition) is 7. The molecular weight excluding hydrogens is 511 g/mol. The summed E-state index contributed by atoms with van der Waals surface area (Å²) in [6, 6.07) is 10.9. The lowest BCUT2D eigenvalue weighted by molar-refractivity contribution is -0.139. The average molecular weight is 531 g/mol. The molecule has 4 rings (SSSR count). The van der Waals surface area contributed by atoms with E-state index in [2.05, 4.69) is 4.99 Å². The molecule has 3 aromatic rings. The molecule has 0 N–H and O–H groups in total. The van der Waals surface area contributed by atoms with Crippen LogP contribution >= 0.6 is 34.5 Å². The molecule has 10 heteroatoms. The van der Waals surface area contributed by atoms with E-state index in [1.54, 1.807) is 62.4 Å². The molecule has 0 fully saturated rings. The molecule has 1 atom stereocenters. The standard InChI is InChI=1S/C25H20Cl2N2O5S/c1-4-33-24(32)21-13(2)28-25-29(22(21)16-6-8-17(9-7-16)34-14(3)30)23(31)20(35-25)12-15-5-10-18(26)19(27)11-15/h5-12,22H,4H2,1-3H3/b20-12-. The molecule has 0 aliphatic carbocycles. The predicted molar refractivity (Wildman–Crippen MR) is 135 cm³/mol. The molecule has 0 bridgehead atoms. The fourth-order valence-electron chi connectivity index (χ4n) is 3.74. The zero-order valence-corrected chi connectivity index (χ0v) is 21.3. The van der Waals surface area contributed by atoms with Crippen molar-refractivity contribution in [2.45, 2.75) is 26.8 Å². The Balaban J connectivity index is 1.90. The number of aromatic nitrogens is 1. The molecule has 0 saturated carbocycles. The normalized spacial score (nSPS) is 15.5. The second-order valence-electron chi connectivity index (χ2n) is 7.64. The highest BCUT2D eigenvalue weighted by molar-refractivity contribution is 7.07. The maximum atomic E-state index is 13.6. The molecule has 0 amide bonds. The van der Waals surface area contributed by atoms with Gasteiger partial charge in [0, 0.05) is 6.92 Å². The van der Waals surface area contributed by atoms with Crippen LogP contribution in [0.2, 0.25) is 10.0 Å². The van der Waals surface area contributed by atoms with Crippen molar-refractivity contribution in [1.82, 2.24) is 4.57 Å². The van der Waals surface area contributed by atoms with Crippen LogP contribution in [-0.2, 0) is 14.3 Å². The number of esters is 2. The van der Waals surface area contributed by atoms with Gasteiger partial charge in [0.2, 0.25) is 0 Å². The Morgan fingerprint density at radius 1 is 1.14 bits per heavy atom. The fourth-order valence-corrected chi connectivity index (χ4v) is 5.10. The van der Waals surface area contributed by atoms with Crippen LogP contribution in [0, 0.1) is 0 Å². The Morgan fingerprint density at radius 3 is 2.49 bits per heavy atom. The molecule has 1 unspecified atom stereocenters. The van der Waals surface area contributed by atoms with Crippen LogP contribution < -0.4 is 19.6 Å². The van der Waals surface area contributed by atoms with E-state index in [-0.39, 0.29) is 17.7 Å². The Hall–Kier alpha value is -3.20. The quantitative estimate of drug-likeness (QED) is 0.367. The molecule has 2 aromatic carbocycles. The van der Waals surface area contributed by atoms with Crippen molar-refractivity contribution in [3.05, 3.63) is 94.6 Å². The van der Waals surface area contributed by atoms with Gasteiger partial charge in [-0.15, -0.1) is 0 Å². The number of thiazole rings is 1. The summed E-state index contributed by atoms with van der Waals surface area (Å²) in [6.45, 7) is 4.91. The van der Waals surface area contributed by atoms with E-state index >= 15 is 0 Å². The third-order valence-corrected chi connectivity index (χ3v) is 6.94. The molecular formula is C25H20Cl2N2O5S. The van der Waals surface area contributed by atoms with Gasteiger partial charge in [0.1, 0.15) is 5.75 Å². The van der Waals surface area contributed by atoms with Gasteiger partial charge in [-0.3, -0.25) is 14.2 Å². The van der Waals surface area contributed by atoms with Crippen LogP contribution in [0.25, 0.3) is 6.08 Å². The lowest BCUT2D eigenvalue weighted by Crippen LogP contribution is -2.39. The SMILES string of the molecule is CCOC(=O)C1=C(C)N=c2s/c(=C\c3ccc(Cl)c(Cl)c3)c(=O)n2C1c1ccc(OC(C)=O)cc1. The number of ether oxygens (including phenoxy) is 2. The zero-order valence-electron chi connectivity index (χ0n) is 19.0. The lowest BCUT2D eigenvalue weighted by Gasteiger charge is -2.24. The van der Waals surface area contributed by atoms with Gasteiger partial charge < -0.3 is 9.47 Å². The molecule has 1 aliphatic heterocycles. The summed E-state index contributed by atoms with van der Waals surface area (Å²) in [5, 5.41) is 0.788. The monoisotopic (exact) mass is 530 g/mol. The molecule has 0 saturated heterocycles. The molecule has 35 heavy (non-hydrogen) atoms. The van der Waals surface area contributed by atoms with Crippen LogP contribution in [0.4, 0.5) is 0 Å². The van der Waals surface area contributed by atoms with E-state index in [0.29, 0.717) is 42.0 Å². The van der Waals surface area contributed by atoms with E-state index < -0.39 is 18.0 Å². The number of nitrogens with zero attached hydrogens (tertiary/aromatic N) is 2. The van der Waals surface area contributed by atoms with Crippen LogP contribution in [-0.4, -0.2) is 23.1 Å². The third kappa shape index (κ3) is 5.10. The topological polar surface area (TPSA) is 87.0 Å². The molecule has 2 heterocycles. The summed E-state index contributed by atoms with van der Waals surface area (Å²) in [6.07, 6.45) is 1.70. The van der Waals surface area contributed by atoms with Crippen LogP contribution in [0.15, 0.2) is 63.5 Å². The molecule has 0 spiro atoms. The first-order valence-corrected chi connectivity index (χ1v) is 12.2. The van der Waals surface area contributed by atoms with Gasteiger partial charge in [0.25, 0.3) is 5.56 Å². The van der Waals surface area contributed by atoms with Gasteiger partial charge in [0.15, 0.2) is 4.80 Å². The first kappa shape index (κ1) is 24.9. The fraction of sp³-hybridized carbons (Fsp3) is 0.200. The Labute approximate surface area is 214 Å². The minimum absolute atomic E-state index is 0.176. The predicted octanol–water partition coefficient (Wildman–Crippen LogP) is 4.03. The number of carbonyl (C=O) groups excluding carboxylic acids is 2. The van der Waals surface area contributed by atoms with Gasteiger partial charge in [-0.25, -0.2) is 9.79 Å². The zero-order chi connectivity index (χ0) is 25.3. The van der Waals surface area contributed by atoms with Crippen molar-refractivity contribution >= 4 is 52.6 Å². The molecule has 1 aliphatic rings. The Morgan fingerprint density at radius 2 is 1.86 bits per heavy atom. The number of hydrogen-bond donors (Lipinski definition) is 0. The summed E-state index contributed by atoms with van der Waals surface area (Å²) >= 11 is 13.3. The summed E-state index contributed by atoms with van der Waals surface area (Å²) in [5.41, 5.74) is 1.75. The van der Waals surface area contributed by atoms with E-state index in [4.69, 9.17) is 32.7 Å². The first-order chi connectivity index (χ1) is 16.7. The maximum Gasteiger partial charge on any atom is 0.338 e. The van der Waals surface area contributed by atoms with Crippen LogP contribution in [0.5, 0.6) is 5.75 Å². The second kappa shape index (κ2) is 10.2. The number of carbonyl (C=O) groups is 2. The highest BCUT2D eigenvalue weighted by Gasteiger charge is 2.33. The first-order valence-electron chi connectivity index (χ1n) is 10.6. The molecule has 0 radical (unpaired) electrons. The van der Waals surface area contributed by atoms with Crippen molar-refractivity contribution in [1.29, 1.82) is 0 Å². The Kier molecular flexibility index (Phi) is 7.25. The van der Waals surface area contributed by atoms with Crippen molar-refractivity contribution in [2.24, 2.45) is 4.99 Å². The molecule has 1 aromatic heterocycles. The highest BCUT2D eigenvalue weighted by Crippen LogP contribution is 2.31. The van der Waals surface area contributed by atoms with E-state index in [1.807, 2.05) is 0 Å². The third-order valence-electron chi connectivity index (χ3n) is 5.22. The smallest absolute Gasteiger partial charge is 0.338 e. The number of benzene rings is 2. The minimum atomic E-state index is -0.771. The summed E-state index contributed by atoms with van der Waals surface area (Å²) in [4.78, 5) is 42.8. The van der Waals surface area contributed by atoms with E-state index in [9.17, 15) is 14.4 Å². The highest BCUT2D eigenvalue weighted by atomic mass is 35.5. The number of halogens is 2. The van der Waals surface area contributed by atoms with Crippen LogP contribution in [0.1, 0.15) is 37.9 Å². The van der Waals surface area contributed by atoms with Crippen molar-refractivity contribution in [3.63, 3.8) is 0 Å². The molecule has 180 valence electrons. The Bertz CT molecular complexity index is 1540. The molecule has 7 nitrogen and oxygen atoms in total. The number of allylic oxidation sites excluding steroid dienone is 1. The van der Waals surface area contributed by atoms with Crippen LogP contribution in [0.3, 0.4) is 0 Å². The van der Waals surface area contributed by atoms with Crippen molar-refractivity contribution in [2.75, 3.05) is 6.61 Å². The van der Waals surface area contributed by atoms with E-state index in [0.717, 1.165) is 0 Å². The summed E-state index contributed by atoms with van der Waals surface area (Å²) in [7, 11) is 0. The maximum absolute atomic E-state index is 13.6. The van der Waals surface area contributed by atoms with Crippen molar-refractivity contribution in [3.8, 4) is 5.75 Å². The van der Waals surface area contributed by atoms with Gasteiger partial charge in [-0.05, 0) is 55.3 Å². The lowest BCUT2D eigenvalue weighted by atomic mass is 9.96. The van der Waals surface area contributed by atoms with Gasteiger partial charge >= 0.3 is 11.9 Å². The largest absolute Gasteiger partial charge is 0.463 e. The van der Waals surface area contributed by atoms with Crippen molar-refractivity contribution < 1.29 is 19.1 Å². The number of fused-ring (bicyclic) bond motifs is 1. The minimum Gasteiger partial charge on any atom is -0.463 e. The van der Waals surface area contributed by atoms with Gasteiger partial charge in [-0.1, -0.05) is 52.7 Å². The summed E-state index contributed by atoms with van der Waals surface area (Å²) < 4.78 is 12.3. The second-order valence-corrected chi connectivity index (χ2v) is 9.46. The van der Waals surface area contributed by atoms with Gasteiger partial charge in [-0.2, -0.15) is 0 Å². The average Bonchev–Trinajstić information content (AvgIpc) is 3.10. The number of rotatable bonds is 5. The van der Waals surface area contributed by atoms with E-state index in [1.165, 1.54) is 22.8 Å². The summed E-state index contributed by atoms with van der Waals surface area (Å²) in [5.74, 6) is -0.649.